The highest BCUT2D eigenvalue weighted by atomic mass is 79.9. The van der Waals surface area contributed by atoms with Crippen molar-refractivity contribution in [2.24, 2.45) is 0 Å². The number of nitrogens with one attached hydrogen (secondary N) is 2. The molecule has 6 heteroatoms. The zero-order valence-electron chi connectivity index (χ0n) is 17.3. The average Bonchev–Trinajstić information content (AvgIpc) is 3.20. The molecule has 0 aliphatic heterocycles. The standard InChI is InChI=1S/C25H24BrClN2O2/c1-30-24-13-17(12-21(26)25(24)31-16-19-6-2-4-8-22(19)27)14-28-11-10-18-15-29-23-9-5-3-7-20(18)23/h2-9,12-13,15,28-29H,10-11,14,16H2,1H3. The molecule has 1 aromatic heterocycles. The molecule has 2 N–H and O–H groups in total. The Bertz CT molecular complexity index is 1180. The summed E-state index contributed by atoms with van der Waals surface area (Å²) < 4.78 is 12.4. The van der Waals surface area contributed by atoms with Gasteiger partial charge in [0.05, 0.1) is 11.6 Å². The zero-order chi connectivity index (χ0) is 21.6. The molecule has 0 bridgehead atoms. The molecule has 0 atom stereocenters. The van der Waals surface area contributed by atoms with Gasteiger partial charge in [-0.1, -0.05) is 48.0 Å². The monoisotopic (exact) mass is 498 g/mol. The van der Waals surface area contributed by atoms with Gasteiger partial charge in [-0.15, -0.1) is 0 Å². The number of benzene rings is 3. The van der Waals surface area contributed by atoms with Gasteiger partial charge in [0, 0.05) is 34.2 Å². The van der Waals surface area contributed by atoms with Gasteiger partial charge in [-0.2, -0.15) is 0 Å². The summed E-state index contributed by atoms with van der Waals surface area (Å²) in [6.45, 7) is 1.99. The molecule has 0 spiro atoms. The molecule has 0 saturated heterocycles. The van der Waals surface area contributed by atoms with Crippen LogP contribution < -0.4 is 14.8 Å². The maximum absolute atomic E-state index is 6.24. The van der Waals surface area contributed by atoms with E-state index in [-0.39, 0.29) is 0 Å². The van der Waals surface area contributed by atoms with E-state index < -0.39 is 0 Å². The molecule has 3 aromatic carbocycles. The number of H-pyrrole nitrogens is 1. The Morgan fingerprint density at radius 3 is 2.68 bits per heavy atom. The summed E-state index contributed by atoms with van der Waals surface area (Å²) in [5, 5.41) is 5.49. The predicted octanol–water partition coefficient (Wildman–Crippen LogP) is 6.50. The second-order valence-corrected chi connectivity index (χ2v) is 8.54. The molecule has 4 nitrogen and oxygen atoms in total. The molecule has 0 fully saturated rings. The van der Waals surface area contributed by atoms with Crippen LogP contribution in [0.15, 0.2) is 71.3 Å². The first-order valence-electron chi connectivity index (χ1n) is 10.1. The summed E-state index contributed by atoms with van der Waals surface area (Å²) in [6.07, 6.45) is 3.05. The van der Waals surface area contributed by atoms with Gasteiger partial charge in [-0.3, -0.25) is 0 Å². The summed E-state index contributed by atoms with van der Waals surface area (Å²) in [5.41, 5.74) is 4.55. The Morgan fingerprint density at radius 1 is 1.03 bits per heavy atom. The molecule has 0 aliphatic rings. The lowest BCUT2D eigenvalue weighted by Crippen LogP contribution is -2.16. The van der Waals surface area contributed by atoms with Crippen LogP contribution in [0.25, 0.3) is 10.9 Å². The number of ether oxygens (including phenoxy) is 2. The third-order valence-corrected chi connectivity index (χ3v) is 6.15. The smallest absolute Gasteiger partial charge is 0.175 e. The van der Waals surface area contributed by atoms with Crippen LogP contribution in [0.3, 0.4) is 0 Å². The first kappa shape index (κ1) is 21.8. The van der Waals surface area contributed by atoms with Crippen LogP contribution in [-0.4, -0.2) is 18.6 Å². The summed E-state index contributed by atoms with van der Waals surface area (Å²) in [6, 6.07) is 20.1. The van der Waals surface area contributed by atoms with E-state index in [1.807, 2.05) is 36.4 Å². The van der Waals surface area contributed by atoms with Crippen LogP contribution in [0.1, 0.15) is 16.7 Å². The second-order valence-electron chi connectivity index (χ2n) is 7.28. The summed E-state index contributed by atoms with van der Waals surface area (Å²) in [4.78, 5) is 3.33. The molecule has 31 heavy (non-hydrogen) atoms. The number of aromatic amines is 1. The molecule has 0 saturated carbocycles. The Morgan fingerprint density at radius 2 is 1.84 bits per heavy atom. The maximum Gasteiger partial charge on any atom is 0.175 e. The molecule has 4 aromatic rings. The Labute approximate surface area is 195 Å². The van der Waals surface area contributed by atoms with E-state index in [0.29, 0.717) is 23.1 Å². The van der Waals surface area contributed by atoms with E-state index in [0.717, 1.165) is 35.1 Å². The predicted molar refractivity (Wildman–Crippen MR) is 130 cm³/mol. The Balaban J connectivity index is 1.36. The molecule has 160 valence electrons. The summed E-state index contributed by atoms with van der Waals surface area (Å²) in [5.74, 6) is 1.36. The molecular weight excluding hydrogens is 476 g/mol. The third kappa shape index (κ3) is 5.24. The number of aromatic nitrogens is 1. The molecule has 1 heterocycles. The minimum Gasteiger partial charge on any atom is -0.493 e. The fourth-order valence-electron chi connectivity index (χ4n) is 3.57. The molecule has 4 rings (SSSR count). The van der Waals surface area contributed by atoms with Gasteiger partial charge in [0.25, 0.3) is 0 Å². The minimum atomic E-state index is 0.372. The molecule has 0 aliphatic carbocycles. The van der Waals surface area contributed by atoms with Gasteiger partial charge in [-0.05, 0) is 64.3 Å². The molecule has 0 unspecified atom stereocenters. The topological polar surface area (TPSA) is 46.3 Å². The van der Waals surface area contributed by atoms with Crippen molar-refractivity contribution >= 4 is 38.4 Å². The van der Waals surface area contributed by atoms with E-state index in [1.54, 1.807) is 7.11 Å². The van der Waals surface area contributed by atoms with Gasteiger partial charge >= 0.3 is 0 Å². The molecular formula is C25H24BrClN2O2. The average molecular weight is 500 g/mol. The lowest BCUT2D eigenvalue weighted by Gasteiger charge is -2.15. The van der Waals surface area contributed by atoms with E-state index in [4.69, 9.17) is 21.1 Å². The highest BCUT2D eigenvalue weighted by molar-refractivity contribution is 9.10. The van der Waals surface area contributed by atoms with E-state index in [9.17, 15) is 0 Å². The van der Waals surface area contributed by atoms with Gasteiger partial charge in [0.1, 0.15) is 6.61 Å². The highest BCUT2D eigenvalue weighted by Crippen LogP contribution is 2.37. The van der Waals surface area contributed by atoms with E-state index >= 15 is 0 Å². The SMILES string of the molecule is COc1cc(CNCCc2c[nH]c3ccccc23)cc(Br)c1OCc1ccccc1Cl. The van der Waals surface area contributed by atoms with E-state index in [1.165, 1.54) is 16.5 Å². The first-order chi connectivity index (χ1) is 15.2. The largest absolute Gasteiger partial charge is 0.493 e. The maximum atomic E-state index is 6.24. The number of rotatable bonds is 9. The van der Waals surface area contributed by atoms with Crippen molar-refractivity contribution in [3.8, 4) is 11.5 Å². The van der Waals surface area contributed by atoms with Crippen LogP contribution in [-0.2, 0) is 19.6 Å². The quantitative estimate of drug-likeness (QED) is 0.258. The Kier molecular flexibility index (Phi) is 7.17. The minimum absolute atomic E-state index is 0.372. The molecule has 0 amide bonds. The number of halogens is 2. The van der Waals surface area contributed by atoms with Crippen molar-refractivity contribution in [2.45, 2.75) is 19.6 Å². The lowest BCUT2D eigenvalue weighted by atomic mass is 10.1. The highest BCUT2D eigenvalue weighted by Gasteiger charge is 2.13. The number of fused-ring (bicyclic) bond motifs is 1. The number of para-hydroxylation sites is 1. The van der Waals surface area contributed by atoms with Gasteiger partial charge in [-0.25, -0.2) is 0 Å². The Hall–Kier alpha value is -2.47. The van der Waals surface area contributed by atoms with Crippen molar-refractivity contribution in [3.05, 3.63) is 93.0 Å². The second kappa shape index (κ2) is 10.2. The lowest BCUT2D eigenvalue weighted by molar-refractivity contribution is 0.282. The van der Waals surface area contributed by atoms with Crippen molar-refractivity contribution in [1.82, 2.24) is 10.3 Å². The zero-order valence-corrected chi connectivity index (χ0v) is 19.6. The third-order valence-electron chi connectivity index (χ3n) is 5.19. The fourth-order valence-corrected chi connectivity index (χ4v) is 4.37. The van der Waals surface area contributed by atoms with Crippen LogP contribution in [0.4, 0.5) is 0 Å². The first-order valence-corrected chi connectivity index (χ1v) is 11.3. The van der Waals surface area contributed by atoms with E-state index in [2.05, 4.69) is 56.7 Å². The van der Waals surface area contributed by atoms with Crippen LogP contribution in [0.2, 0.25) is 5.02 Å². The van der Waals surface area contributed by atoms with Crippen molar-refractivity contribution in [3.63, 3.8) is 0 Å². The van der Waals surface area contributed by atoms with Gasteiger partial charge in [0.2, 0.25) is 0 Å². The van der Waals surface area contributed by atoms with Crippen LogP contribution in [0.5, 0.6) is 11.5 Å². The van der Waals surface area contributed by atoms with Crippen molar-refractivity contribution in [1.29, 1.82) is 0 Å². The number of hydrogen-bond donors (Lipinski definition) is 2. The number of hydrogen-bond acceptors (Lipinski definition) is 3. The number of methoxy groups -OCH3 is 1. The summed E-state index contributed by atoms with van der Waals surface area (Å²) >= 11 is 9.86. The van der Waals surface area contributed by atoms with Gasteiger partial charge in [0.15, 0.2) is 11.5 Å². The normalized spacial score (nSPS) is 11.1. The van der Waals surface area contributed by atoms with Crippen molar-refractivity contribution < 1.29 is 9.47 Å². The van der Waals surface area contributed by atoms with Gasteiger partial charge < -0.3 is 19.8 Å². The van der Waals surface area contributed by atoms with Crippen molar-refractivity contribution in [2.75, 3.05) is 13.7 Å². The van der Waals surface area contributed by atoms with Crippen LogP contribution in [0, 0.1) is 0 Å². The molecule has 0 radical (unpaired) electrons. The fraction of sp³-hybridized carbons (Fsp3) is 0.200. The van der Waals surface area contributed by atoms with Crippen LogP contribution >= 0.6 is 27.5 Å². The summed E-state index contributed by atoms with van der Waals surface area (Å²) in [7, 11) is 1.65.